The van der Waals surface area contributed by atoms with Gasteiger partial charge in [0.2, 0.25) is 10.0 Å². The van der Waals surface area contributed by atoms with Gasteiger partial charge in [-0.15, -0.1) is 0 Å². The van der Waals surface area contributed by atoms with Crippen molar-refractivity contribution >= 4 is 41.9 Å². The van der Waals surface area contributed by atoms with E-state index < -0.39 is 15.6 Å². The molecule has 1 N–H and O–H groups in total. The van der Waals surface area contributed by atoms with Crippen LogP contribution in [0.1, 0.15) is 20.8 Å². The van der Waals surface area contributed by atoms with E-state index in [1.54, 1.807) is 32.9 Å². The van der Waals surface area contributed by atoms with Crippen LogP contribution >= 0.6 is 31.9 Å². The Bertz CT molecular complexity index is 553. The summed E-state index contributed by atoms with van der Waals surface area (Å²) < 4.78 is 27.6. The maximum Gasteiger partial charge on any atom is 0.244 e. The molecule has 0 aromatic heterocycles. The van der Waals surface area contributed by atoms with Crippen molar-refractivity contribution in [2.45, 2.75) is 31.3 Å². The van der Waals surface area contributed by atoms with Crippen molar-refractivity contribution in [1.29, 1.82) is 0 Å². The van der Waals surface area contributed by atoms with E-state index >= 15 is 0 Å². The molecule has 0 atom stereocenters. The van der Waals surface area contributed by atoms with Crippen LogP contribution in [0.3, 0.4) is 0 Å². The van der Waals surface area contributed by atoms with E-state index in [0.717, 1.165) is 4.47 Å². The first-order chi connectivity index (χ1) is 8.58. The molecule has 4 nitrogen and oxygen atoms in total. The topological polar surface area (TPSA) is 57.6 Å². The van der Waals surface area contributed by atoms with Gasteiger partial charge in [-0.2, -0.15) is 4.31 Å². The number of sulfonamides is 1. The van der Waals surface area contributed by atoms with Crippen molar-refractivity contribution in [3.05, 3.63) is 27.1 Å². The predicted molar refractivity (Wildman–Crippen MR) is 82.6 cm³/mol. The number of nitrogens with zero attached hydrogens (tertiary/aromatic N) is 1. The van der Waals surface area contributed by atoms with E-state index in [1.165, 1.54) is 10.4 Å². The third-order valence-electron chi connectivity index (χ3n) is 2.43. The number of aliphatic hydroxyl groups is 1. The van der Waals surface area contributed by atoms with E-state index in [4.69, 9.17) is 0 Å². The Kier molecular flexibility index (Phi) is 5.60. The number of rotatable bonds is 5. The van der Waals surface area contributed by atoms with E-state index in [2.05, 4.69) is 31.9 Å². The fraction of sp³-hybridized carbons (Fsp3) is 0.500. The lowest BCUT2D eigenvalue weighted by Gasteiger charge is -2.27. The summed E-state index contributed by atoms with van der Waals surface area (Å²) in [4.78, 5) is 0.196. The zero-order valence-corrected chi connectivity index (χ0v) is 15.0. The van der Waals surface area contributed by atoms with Crippen LogP contribution < -0.4 is 0 Å². The van der Waals surface area contributed by atoms with Crippen molar-refractivity contribution < 1.29 is 13.5 Å². The van der Waals surface area contributed by atoms with Crippen LogP contribution in [0.15, 0.2) is 32.0 Å². The Balaban J connectivity index is 3.21. The minimum absolute atomic E-state index is 0.0499. The van der Waals surface area contributed by atoms with Crippen LogP contribution in [0.5, 0.6) is 0 Å². The minimum Gasteiger partial charge on any atom is -0.389 e. The molecule has 0 heterocycles. The number of benzene rings is 1. The van der Waals surface area contributed by atoms with Gasteiger partial charge in [-0.05, 0) is 48.0 Å². The molecule has 0 amide bonds. The molecule has 0 fully saturated rings. The predicted octanol–water partition coefficient (Wildman–Crippen LogP) is 2.99. The maximum absolute atomic E-state index is 12.5. The highest BCUT2D eigenvalue weighted by atomic mass is 79.9. The Morgan fingerprint density at radius 3 is 2.32 bits per heavy atom. The van der Waals surface area contributed by atoms with E-state index in [1.807, 2.05) is 0 Å². The largest absolute Gasteiger partial charge is 0.389 e. The van der Waals surface area contributed by atoms with Gasteiger partial charge in [-0.25, -0.2) is 8.42 Å². The second kappa shape index (κ2) is 6.22. The first kappa shape index (κ1) is 17.1. The molecule has 0 aliphatic heterocycles. The standard InChI is InChI=1S/C12H17Br2NO3S/c1-4-15(8-12(2,3)16)19(17,18)11-6-5-9(13)7-10(11)14/h5-7,16H,4,8H2,1-3H3. The maximum atomic E-state index is 12.5. The fourth-order valence-corrected chi connectivity index (χ4v) is 4.93. The lowest BCUT2D eigenvalue weighted by molar-refractivity contribution is 0.0601. The summed E-state index contributed by atoms with van der Waals surface area (Å²) in [6.45, 7) is 5.27. The highest BCUT2D eigenvalue weighted by Gasteiger charge is 2.29. The van der Waals surface area contributed by atoms with Gasteiger partial charge in [-0.3, -0.25) is 0 Å². The third kappa shape index (κ3) is 4.53. The van der Waals surface area contributed by atoms with Gasteiger partial charge >= 0.3 is 0 Å². The van der Waals surface area contributed by atoms with Gasteiger partial charge in [0.15, 0.2) is 0 Å². The summed E-state index contributed by atoms with van der Waals surface area (Å²) in [5.41, 5.74) is -1.08. The van der Waals surface area contributed by atoms with Crippen LogP contribution in [-0.4, -0.2) is 36.5 Å². The summed E-state index contributed by atoms with van der Waals surface area (Å²) in [6.07, 6.45) is 0. The molecule has 0 saturated carbocycles. The van der Waals surface area contributed by atoms with Gasteiger partial charge in [-0.1, -0.05) is 22.9 Å². The second-order valence-corrected chi connectivity index (χ2v) is 8.49. The molecule has 1 aromatic carbocycles. The van der Waals surface area contributed by atoms with Gasteiger partial charge in [0.1, 0.15) is 0 Å². The minimum atomic E-state index is -3.63. The molecule has 19 heavy (non-hydrogen) atoms. The van der Waals surface area contributed by atoms with Crippen molar-refractivity contribution in [3.63, 3.8) is 0 Å². The van der Waals surface area contributed by atoms with Crippen molar-refractivity contribution in [2.75, 3.05) is 13.1 Å². The molecule has 1 rings (SSSR count). The van der Waals surface area contributed by atoms with Gasteiger partial charge in [0.05, 0.1) is 10.5 Å². The average Bonchev–Trinajstić information content (AvgIpc) is 2.23. The van der Waals surface area contributed by atoms with E-state index in [9.17, 15) is 13.5 Å². The first-order valence-electron chi connectivity index (χ1n) is 5.75. The molecule has 7 heteroatoms. The SMILES string of the molecule is CCN(CC(C)(C)O)S(=O)(=O)c1ccc(Br)cc1Br. The lowest BCUT2D eigenvalue weighted by atomic mass is 10.1. The molecule has 0 spiro atoms. The van der Waals surface area contributed by atoms with Crippen LogP contribution in [-0.2, 0) is 10.0 Å². The molecule has 0 aliphatic rings. The summed E-state index contributed by atoms with van der Waals surface area (Å²) >= 11 is 6.55. The number of halogens is 2. The zero-order valence-electron chi connectivity index (χ0n) is 11.0. The molecule has 0 saturated heterocycles. The molecule has 108 valence electrons. The average molecular weight is 415 g/mol. The number of likely N-dealkylation sites (N-methyl/N-ethyl adjacent to an activating group) is 1. The third-order valence-corrected chi connectivity index (χ3v) is 5.82. The van der Waals surface area contributed by atoms with E-state index in [-0.39, 0.29) is 11.4 Å². The molecule has 0 unspecified atom stereocenters. The highest BCUT2D eigenvalue weighted by Crippen LogP contribution is 2.28. The quantitative estimate of drug-likeness (QED) is 0.805. The van der Waals surface area contributed by atoms with Crippen LogP contribution in [0, 0.1) is 0 Å². The lowest BCUT2D eigenvalue weighted by Crippen LogP contribution is -2.42. The molecule has 1 aromatic rings. The van der Waals surface area contributed by atoms with E-state index in [0.29, 0.717) is 11.0 Å². The normalized spacial score (nSPS) is 13.0. The summed E-state index contributed by atoms with van der Waals surface area (Å²) in [5.74, 6) is 0. The van der Waals surface area contributed by atoms with Crippen molar-refractivity contribution in [3.8, 4) is 0 Å². The monoisotopic (exact) mass is 413 g/mol. The Morgan fingerprint density at radius 1 is 1.32 bits per heavy atom. The summed E-state index contributed by atoms with van der Waals surface area (Å²) in [7, 11) is -3.63. The molecule has 0 bridgehead atoms. The van der Waals surface area contributed by atoms with Crippen molar-refractivity contribution in [1.82, 2.24) is 4.31 Å². The smallest absolute Gasteiger partial charge is 0.244 e. The molecular formula is C12H17Br2NO3S. The number of hydrogen-bond donors (Lipinski definition) is 1. The molecule has 0 radical (unpaired) electrons. The van der Waals surface area contributed by atoms with Crippen LogP contribution in [0.4, 0.5) is 0 Å². The number of hydrogen-bond acceptors (Lipinski definition) is 3. The second-order valence-electron chi connectivity index (χ2n) is 4.82. The van der Waals surface area contributed by atoms with Gasteiger partial charge < -0.3 is 5.11 Å². The Hall–Kier alpha value is 0.0500. The van der Waals surface area contributed by atoms with Crippen LogP contribution in [0.2, 0.25) is 0 Å². The summed E-state index contributed by atoms with van der Waals surface area (Å²) in [6, 6.07) is 4.90. The first-order valence-corrected chi connectivity index (χ1v) is 8.78. The fourth-order valence-electron chi connectivity index (χ4n) is 1.62. The Labute approximate surface area is 131 Å². The highest BCUT2D eigenvalue weighted by molar-refractivity contribution is 9.11. The molecule has 0 aliphatic carbocycles. The van der Waals surface area contributed by atoms with Gasteiger partial charge in [0.25, 0.3) is 0 Å². The molecular weight excluding hydrogens is 398 g/mol. The van der Waals surface area contributed by atoms with Gasteiger partial charge in [0, 0.05) is 22.0 Å². The summed E-state index contributed by atoms with van der Waals surface area (Å²) in [5, 5.41) is 9.82. The van der Waals surface area contributed by atoms with Crippen LogP contribution in [0.25, 0.3) is 0 Å². The van der Waals surface area contributed by atoms with Crippen molar-refractivity contribution in [2.24, 2.45) is 0 Å². The zero-order chi connectivity index (χ0) is 14.8. The Morgan fingerprint density at radius 2 is 1.89 bits per heavy atom.